The molecule has 3 fully saturated rings. The van der Waals surface area contributed by atoms with Gasteiger partial charge in [0, 0.05) is 19.7 Å². The Kier molecular flexibility index (Phi) is 3.57. The van der Waals surface area contributed by atoms with Crippen LogP contribution in [0.4, 0.5) is 4.79 Å². The minimum absolute atomic E-state index is 0.171. The van der Waals surface area contributed by atoms with E-state index in [1.165, 1.54) is 0 Å². The number of likely N-dealkylation sites (tertiary alicyclic amines) is 1. The molecule has 1 aromatic rings. The third-order valence-electron chi connectivity index (χ3n) is 5.99. The maximum atomic E-state index is 12.2. The molecule has 0 bridgehead atoms. The molecule has 1 heterocycles. The number of ether oxygens (including phenoxy) is 1. The van der Waals surface area contributed by atoms with Crippen LogP contribution in [0.25, 0.3) is 0 Å². The van der Waals surface area contributed by atoms with Crippen molar-refractivity contribution in [1.82, 2.24) is 4.90 Å². The Hall–Kier alpha value is -1.55. The first-order valence-corrected chi connectivity index (χ1v) is 8.32. The summed E-state index contributed by atoms with van der Waals surface area (Å²) in [7, 11) is 0. The first kappa shape index (κ1) is 14.1. The molecule has 4 heteroatoms. The summed E-state index contributed by atoms with van der Waals surface area (Å²) in [5.41, 5.74) is 1.03. The van der Waals surface area contributed by atoms with Crippen molar-refractivity contribution in [3.63, 3.8) is 0 Å². The fourth-order valence-corrected chi connectivity index (χ4v) is 4.92. The molecular weight excluding hydrogens is 278 g/mol. The number of aliphatic hydroxyl groups is 1. The second-order valence-corrected chi connectivity index (χ2v) is 7.12. The lowest BCUT2D eigenvalue weighted by atomic mass is 9.60. The van der Waals surface area contributed by atoms with Crippen molar-refractivity contribution < 1.29 is 14.6 Å². The molecule has 3 aliphatic rings. The van der Waals surface area contributed by atoms with E-state index in [2.05, 4.69) is 0 Å². The summed E-state index contributed by atoms with van der Waals surface area (Å²) in [5, 5.41) is 9.33. The van der Waals surface area contributed by atoms with Crippen molar-refractivity contribution in [1.29, 1.82) is 0 Å². The van der Waals surface area contributed by atoms with Gasteiger partial charge in [-0.15, -0.1) is 0 Å². The molecule has 1 aliphatic heterocycles. The van der Waals surface area contributed by atoms with Crippen LogP contribution in [0, 0.1) is 29.6 Å². The van der Waals surface area contributed by atoms with Gasteiger partial charge in [-0.3, -0.25) is 0 Å². The van der Waals surface area contributed by atoms with Crippen molar-refractivity contribution >= 4 is 6.09 Å². The smallest absolute Gasteiger partial charge is 0.410 e. The molecule has 1 amide bonds. The zero-order valence-corrected chi connectivity index (χ0v) is 12.7. The molecule has 2 aliphatic carbocycles. The molecule has 4 atom stereocenters. The Bertz CT molecular complexity index is 527. The largest absolute Gasteiger partial charge is 0.445 e. The van der Waals surface area contributed by atoms with Gasteiger partial charge in [-0.1, -0.05) is 30.3 Å². The molecule has 0 radical (unpaired) electrons. The van der Waals surface area contributed by atoms with E-state index in [9.17, 15) is 9.90 Å². The number of nitrogens with zero attached hydrogens (tertiary/aromatic N) is 1. The van der Waals surface area contributed by atoms with E-state index in [0.29, 0.717) is 31.0 Å². The van der Waals surface area contributed by atoms with E-state index in [1.807, 2.05) is 35.2 Å². The van der Waals surface area contributed by atoms with E-state index in [0.717, 1.165) is 43.3 Å². The van der Waals surface area contributed by atoms with Crippen LogP contribution >= 0.6 is 0 Å². The third-order valence-corrected chi connectivity index (χ3v) is 5.99. The summed E-state index contributed by atoms with van der Waals surface area (Å²) in [6.07, 6.45) is 2.12. The summed E-state index contributed by atoms with van der Waals surface area (Å²) < 4.78 is 5.45. The van der Waals surface area contributed by atoms with Crippen LogP contribution < -0.4 is 0 Å². The maximum absolute atomic E-state index is 12.2. The Labute approximate surface area is 131 Å². The molecule has 22 heavy (non-hydrogen) atoms. The Morgan fingerprint density at radius 1 is 1.09 bits per heavy atom. The Morgan fingerprint density at radius 3 is 2.32 bits per heavy atom. The van der Waals surface area contributed by atoms with Crippen LogP contribution in [-0.2, 0) is 11.3 Å². The van der Waals surface area contributed by atoms with Gasteiger partial charge >= 0.3 is 6.09 Å². The van der Waals surface area contributed by atoms with Gasteiger partial charge in [0.1, 0.15) is 6.61 Å². The zero-order valence-electron chi connectivity index (χ0n) is 12.7. The molecule has 1 N–H and O–H groups in total. The van der Waals surface area contributed by atoms with E-state index < -0.39 is 0 Å². The van der Waals surface area contributed by atoms with Crippen LogP contribution in [0.3, 0.4) is 0 Å². The van der Waals surface area contributed by atoms with Crippen molar-refractivity contribution in [2.75, 3.05) is 19.7 Å². The second kappa shape index (κ2) is 5.58. The highest BCUT2D eigenvalue weighted by Gasteiger charge is 2.58. The van der Waals surface area contributed by atoms with Crippen LogP contribution in [0.1, 0.15) is 18.4 Å². The fraction of sp³-hybridized carbons (Fsp3) is 0.611. The predicted octanol–water partition coefficient (Wildman–Crippen LogP) is 2.52. The van der Waals surface area contributed by atoms with Gasteiger partial charge in [0.2, 0.25) is 0 Å². The second-order valence-electron chi connectivity index (χ2n) is 7.12. The lowest BCUT2D eigenvalue weighted by Crippen LogP contribution is -2.42. The van der Waals surface area contributed by atoms with Gasteiger partial charge < -0.3 is 14.7 Å². The first-order valence-electron chi connectivity index (χ1n) is 8.32. The molecule has 2 saturated carbocycles. The number of fused-ring (bicyclic) bond motifs is 4. The monoisotopic (exact) mass is 301 g/mol. The highest BCUT2D eigenvalue weighted by Crippen LogP contribution is 2.59. The topological polar surface area (TPSA) is 49.8 Å². The number of amides is 1. The summed E-state index contributed by atoms with van der Waals surface area (Å²) in [4.78, 5) is 14.1. The quantitative estimate of drug-likeness (QED) is 0.933. The van der Waals surface area contributed by atoms with Crippen LogP contribution in [0.15, 0.2) is 30.3 Å². The average molecular weight is 301 g/mol. The molecule has 1 aromatic carbocycles. The fourth-order valence-electron chi connectivity index (χ4n) is 4.92. The molecule has 4 nitrogen and oxygen atoms in total. The average Bonchev–Trinajstić information content (AvgIpc) is 3.11. The SMILES string of the molecule is O=C(OCc1ccccc1)N1C[C@H]2[C@H]3CC(CO)C[C@@H]3[C@@H]2C1. The highest BCUT2D eigenvalue weighted by atomic mass is 16.6. The van der Waals surface area contributed by atoms with Crippen molar-refractivity contribution in [2.45, 2.75) is 19.4 Å². The third kappa shape index (κ3) is 2.30. The summed E-state index contributed by atoms with van der Waals surface area (Å²) in [5.74, 6) is 3.25. The normalized spacial score (nSPS) is 35.7. The van der Waals surface area contributed by atoms with E-state index >= 15 is 0 Å². The van der Waals surface area contributed by atoms with Gasteiger partial charge in [0.15, 0.2) is 0 Å². The van der Waals surface area contributed by atoms with E-state index in [4.69, 9.17) is 4.74 Å². The Balaban J connectivity index is 1.30. The Morgan fingerprint density at radius 2 is 1.73 bits per heavy atom. The number of aliphatic hydroxyl groups excluding tert-OH is 1. The lowest BCUT2D eigenvalue weighted by Gasteiger charge is -2.44. The van der Waals surface area contributed by atoms with Crippen molar-refractivity contribution in [3.8, 4) is 0 Å². The van der Waals surface area contributed by atoms with Gasteiger partial charge in [0.05, 0.1) is 0 Å². The summed E-state index contributed by atoms with van der Waals surface area (Å²) in [6, 6.07) is 9.82. The number of rotatable bonds is 3. The first-order chi connectivity index (χ1) is 10.8. The molecule has 4 rings (SSSR count). The highest BCUT2D eigenvalue weighted by molar-refractivity contribution is 5.68. The number of benzene rings is 1. The van der Waals surface area contributed by atoms with Gasteiger partial charge in [-0.2, -0.15) is 0 Å². The molecule has 0 unspecified atom stereocenters. The van der Waals surface area contributed by atoms with Crippen LogP contribution in [0.2, 0.25) is 0 Å². The van der Waals surface area contributed by atoms with Gasteiger partial charge in [-0.05, 0) is 48.0 Å². The predicted molar refractivity (Wildman–Crippen MR) is 82.0 cm³/mol. The molecule has 0 spiro atoms. The van der Waals surface area contributed by atoms with E-state index in [-0.39, 0.29) is 6.09 Å². The van der Waals surface area contributed by atoms with Gasteiger partial charge in [-0.25, -0.2) is 4.79 Å². The zero-order chi connectivity index (χ0) is 15.1. The molecule has 1 saturated heterocycles. The van der Waals surface area contributed by atoms with Crippen molar-refractivity contribution in [3.05, 3.63) is 35.9 Å². The van der Waals surface area contributed by atoms with Gasteiger partial charge in [0.25, 0.3) is 0 Å². The standard InChI is InChI=1S/C18H23NO3/c20-10-13-6-14-15(7-13)17-9-19(8-16(14)17)18(21)22-11-12-4-2-1-3-5-12/h1-5,13-17,20H,6-11H2/t14-,15-,16-,17-/m0/s1. The molecular formula is C18H23NO3. The minimum atomic E-state index is -0.171. The molecule has 118 valence electrons. The molecule has 0 aromatic heterocycles. The van der Waals surface area contributed by atoms with Crippen LogP contribution in [0.5, 0.6) is 0 Å². The minimum Gasteiger partial charge on any atom is -0.445 e. The maximum Gasteiger partial charge on any atom is 0.410 e. The summed E-state index contributed by atoms with van der Waals surface area (Å²) in [6.45, 7) is 2.37. The lowest BCUT2D eigenvalue weighted by molar-refractivity contribution is 0.0462. The van der Waals surface area contributed by atoms with E-state index in [1.54, 1.807) is 0 Å². The van der Waals surface area contributed by atoms with Crippen molar-refractivity contribution in [2.24, 2.45) is 29.6 Å². The number of carbonyl (C=O) groups is 1. The number of hydrogen-bond donors (Lipinski definition) is 1. The van der Waals surface area contributed by atoms with Crippen LogP contribution in [-0.4, -0.2) is 35.8 Å². The number of carbonyl (C=O) groups excluding carboxylic acids is 1. The number of hydrogen-bond acceptors (Lipinski definition) is 3. The summed E-state index contributed by atoms with van der Waals surface area (Å²) >= 11 is 0.